The van der Waals surface area contributed by atoms with Gasteiger partial charge in [0.15, 0.2) is 0 Å². The lowest BCUT2D eigenvalue weighted by molar-refractivity contribution is 0.282. The smallest absolute Gasteiger partial charge is 0.213 e. The van der Waals surface area contributed by atoms with Crippen LogP contribution in [-0.2, 0) is 9.09 Å². The molecule has 0 saturated heterocycles. The number of hydrogen-bond acceptors (Lipinski definition) is 2. The van der Waals surface area contributed by atoms with E-state index in [1.807, 2.05) is 48.5 Å². The quantitative estimate of drug-likeness (QED) is 0.663. The molecule has 0 unspecified atom stereocenters. The third-order valence-corrected chi connectivity index (χ3v) is 6.32. The highest BCUT2D eigenvalue weighted by Crippen LogP contribution is 2.67. The first kappa shape index (κ1) is 14.2. The molecule has 0 heterocycles. The summed E-state index contributed by atoms with van der Waals surface area (Å²) in [5, 5.41) is -0.555. The van der Waals surface area contributed by atoms with Crippen molar-refractivity contribution in [2.24, 2.45) is 0 Å². The van der Waals surface area contributed by atoms with E-state index in [2.05, 4.69) is 0 Å². The summed E-state index contributed by atoms with van der Waals surface area (Å²) < 4.78 is 18.5. The molecule has 0 aromatic rings. The third-order valence-electron chi connectivity index (χ3n) is 2.24. The Morgan fingerprint density at radius 1 is 1.00 bits per heavy atom. The Hall–Kier alpha value is 0.190. The van der Waals surface area contributed by atoms with E-state index in [9.17, 15) is 4.57 Å². The van der Waals surface area contributed by atoms with Gasteiger partial charge >= 0.3 is 0 Å². The molecule has 0 radical (unpaired) electrons. The van der Waals surface area contributed by atoms with Gasteiger partial charge in [-0.05, 0) is 6.42 Å². The average Bonchev–Trinajstić information content (AvgIpc) is 1.95. The molecule has 0 saturated carbocycles. The second kappa shape index (κ2) is 4.37. The van der Waals surface area contributed by atoms with Gasteiger partial charge in [0.25, 0.3) is 0 Å². The molecule has 0 aliphatic heterocycles. The monoisotopic (exact) mass is 220 g/mol. The van der Waals surface area contributed by atoms with Crippen molar-refractivity contribution in [2.45, 2.75) is 65.2 Å². The van der Waals surface area contributed by atoms with Gasteiger partial charge in [-0.3, -0.25) is 4.57 Å². The van der Waals surface area contributed by atoms with Gasteiger partial charge in [0.2, 0.25) is 7.37 Å². The predicted octanol–water partition coefficient (Wildman–Crippen LogP) is 4.29. The number of hydrogen-bond donors (Lipinski definition) is 0. The van der Waals surface area contributed by atoms with Crippen molar-refractivity contribution in [2.75, 3.05) is 6.61 Å². The van der Waals surface area contributed by atoms with Crippen molar-refractivity contribution in [3.63, 3.8) is 0 Å². The van der Waals surface area contributed by atoms with Gasteiger partial charge in [0.05, 0.1) is 6.61 Å². The molecule has 0 rings (SSSR count). The molecule has 0 aliphatic rings. The van der Waals surface area contributed by atoms with E-state index in [1.165, 1.54) is 0 Å². The zero-order valence-electron chi connectivity index (χ0n) is 10.7. The molecular weight excluding hydrogens is 195 g/mol. The van der Waals surface area contributed by atoms with Crippen molar-refractivity contribution in [3.05, 3.63) is 0 Å². The van der Waals surface area contributed by atoms with E-state index in [4.69, 9.17) is 4.52 Å². The summed E-state index contributed by atoms with van der Waals surface area (Å²) in [7, 11) is -2.60. The molecule has 3 heteroatoms. The first-order valence-corrected chi connectivity index (χ1v) is 6.93. The van der Waals surface area contributed by atoms with Crippen LogP contribution >= 0.6 is 7.37 Å². The molecular formula is C11H25O2P. The van der Waals surface area contributed by atoms with Crippen LogP contribution in [0.4, 0.5) is 0 Å². The minimum Gasteiger partial charge on any atom is -0.328 e. The Kier molecular flexibility index (Phi) is 4.42. The normalized spacial score (nSPS) is 14.5. The fourth-order valence-electron chi connectivity index (χ4n) is 1.61. The molecule has 14 heavy (non-hydrogen) atoms. The minimum atomic E-state index is -2.60. The fourth-order valence-corrected chi connectivity index (χ4v) is 4.84. The van der Waals surface area contributed by atoms with Crippen LogP contribution in [0.5, 0.6) is 0 Å². The Balaban J connectivity index is 4.99. The van der Waals surface area contributed by atoms with Gasteiger partial charge in [-0.1, -0.05) is 48.5 Å². The molecule has 2 nitrogen and oxygen atoms in total. The van der Waals surface area contributed by atoms with Crippen LogP contribution in [0.15, 0.2) is 0 Å². The van der Waals surface area contributed by atoms with Gasteiger partial charge in [-0.25, -0.2) is 0 Å². The predicted molar refractivity (Wildman–Crippen MR) is 63.4 cm³/mol. The van der Waals surface area contributed by atoms with E-state index >= 15 is 0 Å². The van der Waals surface area contributed by atoms with Crippen LogP contribution in [-0.4, -0.2) is 16.9 Å². The Labute approximate surface area is 88.9 Å². The molecule has 86 valence electrons. The van der Waals surface area contributed by atoms with Crippen molar-refractivity contribution in [3.8, 4) is 0 Å². The lowest BCUT2D eigenvalue weighted by atomic mass is 10.2. The SMILES string of the molecule is CCCOP(=O)(C(C)(C)C)C(C)(C)C. The van der Waals surface area contributed by atoms with E-state index in [0.717, 1.165) is 6.42 Å². The minimum absolute atomic E-state index is 0.277. The fraction of sp³-hybridized carbons (Fsp3) is 1.00. The van der Waals surface area contributed by atoms with Gasteiger partial charge in [0.1, 0.15) is 0 Å². The van der Waals surface area contributed by atoms with Crippen LogP contribution in [0.25, 0.3) is 0 Å². The summed E-state index contributed by atoms with van der Waals surface area (Å²) in [4.78, 5) is 0. The topological polar surface area (TPSA) is 26.3 Å². The summed E-state index contributed by atoms with van der Waals surface area (Å²) in [6.07, 6.45) is 0.913. The van der Waals surface area contributed by atoms with E-state index < -0.39 is 7.37 Å². The molecule has 0 spiro atoms. The highest BCUT2D eigenvalue weighted by molar-refractivity contribution is 7.62. The molecule has 0 N–H and O–H groups in total. The summed E-state index contributed by atoms with van der Waals surface area (Å²) in [6.45, 7) is 14.6. The zero-order valence-corrected chi connectivity index (χ0v) is 11.6. The zero-order chi connectivity index (χ0) is 11.6. The van der Waals surface area contributed by atoms with Crippen LogP contribution in [0.2, 0.25) is 0 Å². The van der Waals surface area contributed by atoms with Crippen LogP contribution in [0.1, 0.15) is 54.9 Å². The molecule has 0 fully saturated rings. The van der Waals surface area contributed by atoms with E-state index in [0.29, 0.717) is 6.61 Å². The summed E-state index contributed by atoms with van der Waals surface area (Å²) in [6, 6.07) is 0. The van der Waals surface area contributed by atoms with Gasteiger partial charge in [-0.2, -0.15) is 0 Å². The summed E-state index contributed by atoms with van der Waals surface area (Å²) >= 11 is 0. The van der Waals surface area contributed by atoms with Crippen LogP contribution in [0, 0.1) is 0 Å². The summed E-state index contributed by atoms with van der Waals surface area (Å²) in [5.41, 5.74) is 0. The Bertz CT molecular complexity index is 202. The van der Waals surface area contributed by atoms with Crippen molar-refractivity contribution in [1.29, 1.82) is 0 Å². The van der Waals surface area contributed by atoms with E-state index in [-0.39, 0.29) is 10.3 Å². The second-order valence-electron chi connectivity index (χ2n) is 5.73. The molecule has 0 aromatic carbocycles. The lowest BCUT2D eigenvalue weighted by Gasteiger charge is -2.40. The average molecular weight is 220 g/mol. The summed E-state index contributed by atoms with van der Waals surface area (Å²) in [5.74, 6) is 0. The van der Waals surface area contributed by atoms with Gasteiger partial charge < -0.3 is 4.52 Å². The first-order valence-electron chi connectivity index (χ1n) is 5.31. The van der Waals surface area contributed by atoms with E-state index in [1.54, 1.807) is 0 Å². The highest BCUT2D eigenvalue weighted by atomic mass is 31.2. The third kappa shape index (κ3) is 2.84. The van der Waals surface area contributed by atoms with Crippen LogP contribution in [0.3, 0.4) is 0 Å². The molecule has 0 amide bonds. The highest BCUT2D eigenvalue weighted by Gasteiger charge is 2.47. The van der Waals surface area contributed by atoms with Crippen LogP contribution < -0.4 is 0 Å². The first-order chi connectivity index (χ1) is 6.06. The van der Waals surface area contributed by atoms with Crippen molar-refractivity contribution >= 4 is 7.37 Å². The Morgan fingerprint density at radius 3 is 1.57 bits per heavy atom. The lowest BCUT2D eigenvalue weighted by Crippen LogP contribution is -2.30. The second-order valence-corrected chi connectivity index (χ2v) is 9.77. The van der Waals surface area contributed by atoms with Gasteiger partial charge in [-0.15, -0.1) is 0 Å². The maximum Gasteiger partial charge on any atom is 0.213 e. The molecule has 0 bridgehead atoms. The Morgan fingerprint density at radius 2 is 1.36 bits per heavy atom. The van der Waals surface area contributed by atoms with Crippen molar-refractivity contribution in [1.82, 2.24) is 0 Å². The largest absolute Gasteiger partial charge is 0.328 e. The van der Waals surface area contributed by atoms with Crippen molar-refractivity contribution < 1.29 is 9.09 Å². The van der Waals surface area contributed by atoms with Gasteiger partial charge in [0, 0.05) is 10.3 Å². The molecule has 0 atom stereocenters. The number of rotatable bonds is 3. The maximum atomic E-state index is 12.8. The molecule has 0 aliphatic carbocycles. The maximum absolute atomic E-state index is 12.8. The molecule has 0 aromatic heterocycles. The standard InChI is InChI=1S/C11H25O2P/c1-8-9-13-14(12,10(2,3)4)11(5,6)7/h8-9H2,1-7H3.